The van der Waals surface area contributed by atoms with Crippen molar-refractivity contribution in [3.8, 4) is 11.9 Å². The maximum atomic E-state index is 8.98. The summed E-state index contributed by atoms with van der Waals surface area (Å²) >= 11 is 5.80. The third kappa shape index (κ3) is 2.90. The van der Waals surface area contributed by atoms with Crippen molar-refractivity contribution in [2.45, 2.75) is 6.54 Å². The second kappa shape index (κ2) is 6.24. The molecule has 22 heavy (non-hydrogen) atoms. The molecule has 0 bridgehead atoms. The summed E-state index contributed by atoms with van der Waals surface area (Å²) in [5.41, 5.74) is 2.22. The Morgan fingerprint density at radius 1 is 1.23 bits per heavy atom. The predicted molar refractivity (Wildman–Crippen MR) is 81.1 cm³/mol. The minimum atomic E-state index is 0.445. The first kappa shape index (κ1) is 14.0. The molecule has 0 fully saturated rings. The van der Waals surface area contributed by atoms with Gasteiger partial charge in [0.25, 0.3) is 0 Å². The van der Waals surface area contributed by atoms with E-state index in [0.29, 0.717) is 17.2 Å². The van der Waals surface area contributed by atoms with Gasteiger partial charge in [0.1, 0.15) is 10.8 Å². The molecule has 0 aliphatic rings. The fourth-order valence-electron chi connectivity index (χ4n) is 2.11. The molecule has 0 saturated heterocycles. The number of halogens is 1. The molecule has 7 heteroatoms. The third-order valence-electron chi connectivity index (χ3n) is 3.07. The minimum Gasteiger partial charge on any atom is -0.326 e. The molecule has 108 valence electrons. The van der Waals surface area contributed by atoms with Gasteiger partial charge >= 0.3 is 0 Å². The van der Waals surface area contributed by atoms with E-state index in [4.69, 9.17) is 16.9 Å². The molecule has 0 aliphatic carbocycles. The fourth-order valence-corrected chi connectivity index (χ4v) is 2.23. The average Bonchev–Trinajstić information content (AvgIpc) is 3.05. The van der Waals surface area contributed by atoms with Crippen LogP contribution < -0.4 is 5.49 Å². The van der Waals surface area contributed by atoms with Gasteiger partial charge in [-0.1, -0.05) is 17.7 Å². The lowest BCUT2D eigenvalue weighted by atomic mass is 10.3. The maximum absolute atomic E-state index is 8.98. The molecule has 0 radical (unpaired) electrons. The molecule has 0 aliphatic heterocycles. The van der Waals surface area contributed by atoms with E-state index in [1.54, 1.807) is 29.3 Å². The van der Waals surface area contributed by atoms with E-state index in [1.165, 1.54) is 0 Å². The van der Waals surface area contributed by atoms with Crippen LogP contribution in [0.2, 0.25) is 5.15 Å². The van der Waals surface area contributed by atoms with E-state index in [0.717, 1.165) is 11.3 Å². The molecule has 0 atom stereocenters. The molecular formula is C15H11ClN6. The number of hydrogen-bond acceptors (Lipinski definition) is 4. The first-order valence-corrected chi connectivity index (χ1v) is 6.88. The number of pyridine rings is 2. The van der Waals surface area contributed by atoms with Gasteiger partial charge < -0.3 is 4.57 Å². The lowest BCUT2D eigenvalue weighted by molar-refractivity contribution is 0.718. The van der Waals surface area contributed by atoms with Crippen molar-refractivity contribution in [1.82, 2.24) is 19.3 Å². The summed E-state index contributed by atoms with van der Waals surface area (Å²) in [5, 5.41) is 13.6. The van der Waals surface area contributed by atoms with Gasteiger partial charge in [-0.2, -0.15) is 15.4 Å². The van der Waals surface area contributed by atoms with Crippen LogP contribution in [-0.2, 0) is 6.54 Å². The Kier molecular flexibility index (Phi) is 3.99. The van der Waals surface area contributed by atoms with Crippen LogP contribution in [0.25, 0.3) is 5.69 Å². The van der Waals surface area contributed by atoms with E-state index in [9.17, 15) is 0 Å². The van der Waals surface area contributed by atoms with Crippen LogP contribution >= 0.6 is 11.6 Å². The Labute approximate surface area is 131 Å². The summed E-state index contributed by atoms with van der Waals surface area (Å²) in [6.07, 6.45) is 8.89. The predicted octanol–water partition coefficient (Wildman–Crippen LogP) is 2.15. The molecule has 0 aromatic carbocycles. The van der Waals surface area contributed by atoms with Crippen LogP contribution in [0.5, 0.6) is 0 Å². The van der Waals surface area contributed by atoms with Gasteiger partial charge in [0.05, 0.1) is 6.54 Å². The van der Waals surface area contributed by atoms with Crippen LogP contribution in [-0.4, -0.2) is 19.3 Å². The first-order valence-electron chi connectivity index (χ1n) is 6.50. The second-order valence-corrected chi connectivity index (χ2v) is 4.88. The van der Waals surface area contributed by atoms with E-state index in [1.807, 2.05) is 41.2 Å². The zero-order valence-electron chi connectivity index (χ0n) is 11.5. The molecular weight excluding hydrogens is 300 g/mol. The minimum absolute atomic E-state index is 0.445. The van der Waals surface area contributed by atoms with E-state index >= 15 is 0 Å². The summed E-state index contributed by atoms with van der Waals surface area (Å²) < 4.78 is 3.54. The largest absolute Gasteiger partial charge is 0.326 e. The lowest BCUT2D eigenvalue weighted by Crippen LogP contribution is -2.25. The Morgan fingerprint density at radius 3 is 2.82 bits per heavy atom. The highest BCUT2D eigenvalue weighted by atomic mass is 35.5. The Balaban J connectivity index is 2.08. The molecule has 0 saturated carbocycles. The van der Waals surface area contributed by atoms with Crippen molar-refractivity contribution in [2.75, 3.05) is 0 Å². The van der Waals surface area contributed by atoms with Gasteiger partial charge in [-0.25, -0.2) is 9.67 Å². The standard InChI is InChI=1S/C15H11ClN6/c16-14-5-4-12(9-18-14)10-21-7-1-3-13(15(21)19-11-17)22-8-2-6-20-22/h1-9H,10H2. The van der Waals surface area contributed by atoms with E-state index in [-0.39, 0.29) is 0 Å². The highest BCUT2D eigenvalue weighted by Gasteiger charge is 2.05. The summed E-state index contributed by atoms with van der Waals surface area (Å²) in [6.45, 7) is 0.528. The number of nitriles is 1. The van der Waals surface area contributed by atoms with Crippen LogP contribution in [0.15, 0.2) is 60.1 Å². The highest BCUT2D eigenvalue weighted by Crippen LogP contribution is 2.07. The Hall–Kier alpha value is -2.91. The molecule has 0 spiro atoms. The van der Waals surface area contributed by atoms with Crippen molar-refractivity contribution < 1.29 is 0 Å². The topological polar surface area (TPSA) is 71.8 Å². The highest BCUT2D eigenvalue weighted by molar-refractivity contribution is 6.29. The summed E-state index contributed by atoms with van der Waals surface area (Å²) in [5.74, 6) is 0. The Bertz CT molecular complexity index is 872. The average molecular weight is 311 g/mol. The van der Waals surface area contributed by atoms with Crippen molar-refractivity contribution in [2.24, 2.45) is 4.99 Å². The van der Waals surface area contributed by atoms with Crippen molar-refractivity contribution in [1.29, 1.82) is 5.26 Å². The van der Waals surface area contributed by atoms with Crippen molar-refractivity contribution in [3.05, 3.63) is 71.3 Å². The van der Waals surface area contributed by atoms with Crippen LogP contribution in [0.3, 0.4) is 0 Å². The van der Waals surface area contributed by atoms with Crippen LogP contribution in [0, 0.1) is 11.5 Å². The smallest absolute Gasteiger partial charge is 0.207 e. The second-order valence-electron chi connectivity index (χ2n) is 4.50. The summed E-state index contributed by atoms with van der Waals surface area (Å²) in [7, 11) is 0. The van der Waals surface area contributed by atoms with E-state index in [2.05, 4.69) is 15.1 Å². The van der Waals surface area contributed by atoms with Crippen LogP contribution in [0.4, 0.5) is 0 Å². The molecule has 0 amide bonds. The summed E-state index contributed by atoms with van der Waals surface area (Å²) in [6, 6.07) is 9.18. The zero-order valence-corrected chi connectivity index (χ0v) is 12.2. The van der Waals surface area contributed by atoms with Crippen molar-refractivity contribution in [3.63, 3.8) is 0 Å². The number of hydrogen-bond donors (Lipinski definition) is 0. The molecule has 3 rings (SSSR count). The molecule has 0 N–H and O–H groups in total. The van der Waals surface area contributed by atoms with E-state index < -0.39 is 0 Å². The van der Waals surface area contributed by atoms with Gasteiger partial charge in [-0.15, -0.1) is 0 Å². The molecule has 3 heterocycles. The Morgan fingerprint density at radius 2 is 2.14 bits per heavy atom. The third-order valence-corrected chi connectivity index (χ3v) is 3.29. The van der Waals surface area contributed by atoms with Gasteiger partial charge in [-0.05, 0) is 29.8 Å². The van der Waals surface area contributed by atoms with Gasteiger partial charge in [0, 0.05) is 24.8 Å². The quantitative estimate of drug-likeness (QED) is 0.549. The zero-order chi connectivity index (χ0) is 15.4. The normalized spacial score (nSPS) is 11.4. The summed E-state index contributed by atoms with van der Waals surface area (Å²) in [4.78, 5) is 8.00. The maximum Gasteiger partial charge on any atom is 0.207 e. The lowest BCUT2D eigenvalue weighted by Gasteiger charge is -2.10. The molecule has 6 nitrogen and oxygen atoms in total. The van der Waals surface area contributed by atoms with Gasteiger partial charge in [0.15, 0.2) is 5.49 Å². The number of rotatable bonds is 3. The number of nitrogens with zero attached hydrogens (tertiary/aromatic N) is 6. The number of aromatic nitrogens is 4. The first-order chi connectivity index (χ1) is 10.8. The monoisotopic (exact) mass is 310 g/mol. The molecule has 3 aromatic heterocycles. The van der Waals surface area contributed by atoms with Crippen LogP contribution in [0.1, 0.15) is 5.56 Å². The fraction of sp³-hybridized carbons (Fsp3) is 0.0667. The van der Waals surface area contributed by atoms with Gasteiger partial charge in [-0.3, -0.25) is 0 Å². The molecule has 3 aromatic rings. The molecule has 0 unspecified atom stereocenters. The van der Waals surface area contributed by atoms with Gasteiger partial charge in [0.2, 0.25) is 6.19 Å². The SMILES string of the molecule is N#CN=c1c(-n2cccn2)cccn1Cc1ccc(Cl)nc1. The van der Waals surface area contributed by atoms with Crippen molar-refractivity contribution >= 4 is 11.6 Å².